The summed E-state index contributed by atoms with van der Waals surface area (Å²) in [6.07, 6.45) is 0.0813. The zero-order chi connectivity index (χ0) is 11.7. The zero-order valence-electron chi connectivity index (χ0n) is 8.27. The van der Waals surface area contributed by atoms with Crippen molar-refractivity contribution in [2.45, 2.75) is 6.42 Å². The third-order valence-electron chi connectivity index (χ3n) is 2.44. The van der Waals surface area contributed by atoms with Gasteiger partial charge in [-0.3, -0.25) is 15.1 Å². The molecule has 1 aromatic rings. The summed E-state index contributed by atoms with van der Waals surface area (Å²) in [6, 6.07) is 8.56. The summed E-state index contributed by atoms with van der Waals surface area (Å²) < 4.78 is 0. The normalized spacial score (nSPS) is 20.0. The van der Waals surface area contributed by atoms with Crippen LogP contribution >= 0.6 is 11.6 Å². The highest BCUT2D eigenvalue weighted by Crippen LogP contribution is 2.27. The summed E-state index contributed by atoms with van der Waals surface area (Å²) in [5, 5.41) is 17.1. The molecule has 1 N–H and O–H groups in total. The lowest BCUT2D eigenvalue weighted by molar-refractivity contribution is -0.117. The lowest BCUT2D eigenvalue weighted by Crippen LogP contribution is -2.29. The summed E-state index contributed by atoms with van der Waals surface area (Å²) in [5.41, 5.74) is 0.581. The molecule has 0 aromatic heterocycles. The van der Waals surface area contributed by atoms with E-state index in [-0.39, 0.29) is 18.2 Å². The number of amidine groups is 1. The summed E-state index contributed by atoms with van der Waals surface area (Å²) in [5.74, 6) is -0.822. The summed E-state index contributed by atoms with van der Waals surface area (Å²) >= 11 is 5.74. The molecule has 1 amide bonds. The third-order valence-corrected chi connectivity index (χ3v) is 2.69. The molecule has 0 bridgehead atoms. The second-order valence-corrected chi connectivity index (χ2v) is 3.91. The fraction of sp³-hybridized carbons (Fsp3) is 0.182. The highest BCUT2D eigenvalue weighted by Gasteiger charge is 2.36. The Hall–Kier alpha value is -1.86. The van der Waals surface area contributed by atoms with Crippen molar-refractivity contribution in [2.75, 3.05) is 4.90 Å². The first-order chi connectivity index (χ1) is 7.63. The number of anilines is 1. The van der Waals surface area contributed by atoms with E-state index in [9.17, 15) is 4.79 Å². The van der Waals surface area contributed by atoms with Crippen LogP contribution in [-0.4, -0.2) is 11.7 Å². The summed E-state index contributed by atoms with van der Waals surface area (Å²) in [7, 11) is 0. The maximum atomic E-state index is 11.6. The second kappa shape index (κ2) is 3.95. The van der Waals surface area contributed by atoms with E-state index in [4.69, 9.17) is 22.3 Å². The van der Waals surface area contributed by atoms with Crippen LogP contribution in [0.3, 0.4) is 0 Å². The van der Waals surface area contributed by atoms with Crippen molar-refractivity contribution in [3.05, 3.63) is 29.3 Å². The van der Waals surface area contributed by atoms with E-state index in [1.54, 1.807) is 24.3 Å². The largest absolute Gasteiger partial charge is 0.287 e. The molecule has 1 fully saturated rings. The molecule has 4 nitrogen and oxygen atoms in total. The lowest BCUT2D eigenvalue weighted by atomic mass is 10.1. The van der Waals surface area contributed by atoms with Crippen molar-refractivity contribution in [1.82, 2.24) is 0 Å². The van der Waals surface area contributed by atoms with Crippen LogP contribution in [0.15, 0.2) is 24.3 Å². The number of hydrogen-bond acceptors (Lipinski definition) is 3. The van der Waals surface area contributed by atoms with Crippen LogP contribution in [0.1, 0.15) is 6.42 Å². The predicted octanol–water partition coefficient (Wildman–Crippen LogP) is 2.19. The van der Waals surface area contributed by atoms with Crippen LogP contribution in [0.2, 0.25) is 5.02 Å². The zero-order valence-corrected chi connectivity index (χ0v) is 9.03. The fourth-order valence-electron chi connectivity index (χ4n) is 1.63. The highest BCUT2D eigenvalue weighted by molar-refractivity contribution is 6.30. The van der Waals surface area contributed by atoms with Crippen molar-refractivity contribution < 1.29 is 4.79 Å². The maximum absolute atomic E-state index is 11.6. The quantitative estimate of drug-likeness (QED) is 0.808. The number of halogens is 1. The molecule has 1 atom stereocenters. The van der Waals surface area contributed by atoms with Crippen LogP contribution in [0, 0.1) is 22.7 Å². The van der Waals surface area contributed by atoms with E-state index in [0.717, 1.165) is 0 Å². The smallest absolute Gasteiger partial charge is 0.234 e. The standard InChI is InChI=1S/C11H8ClN3O/c12-8-1-3-9(4-2-8)15-10(16)5-7(6-13)11(15)14/h1-4,7,14H,5H2. The number of carbonyl (C=O) groups is 1. The third kappa shape index (κ3) is 1.66. The molecule has 0 saturated carbocycles. The van der Waals surface area contributed by atoms with Crippen LogP contribution in [0.4, 0.5) is 5.69 Å². The topological polar surface area (TPSA) is 68.0 Å². The maximum Gasteiger partial charge on any atom is 0.234 e. The van der Waals surface area contributed by atoms with Crippen molar-refractivity contribution in [2.24, 2.45) is 5.92 Å². The molecule has 0 aliphatic carbocycles. The van der Waals surface area contributed by atoms with Gasteiger partial charge in [0.05, 0.1) is 18.2 Å². The van der Waals surface area contributed by atoms with E-state index in [0.29, 0.717) is 10.7 Å². The average Bonchev–Trinajstić information content (AvgIpc) is 2.56. The lowest BCUT2D eigenvalue weighted by Gasteiger charge is -2.16. The van der Waals surface area contributed by atoms with Gasteiger partial charge in [-0.25, -0.2) is 0 Å². The van der Waals surface area contributed by atoms with Gasteiger partial charge in [0, 0.05) is 5.02 Å². The molecule has 1 heterocycles. The number of carbonyl (C=O) groups excluding carboxylic acids is 1. The Morgan fingerprint density at radius 3 is 2.56 bits per heavy atom. The first-order valence-corrected chi connectivity index (χ1v) is 5.08. The Balaban J connectivity index is 2.35. The highest BCUT2D eigenvalue weighted by atomic mass is 35.5. The molecule has 1 saturated heterocycles. The number of amides is 1. The summed E-state index contributed by atoms with van der Waals surface area (Å²) in [6.45, 7) is 0. The predicted molar refractivity (Wildman–Crippen MR) is 60.4 cm³/mol. The minimum absolute atomic E-state index is 0.0369. The first kappa shape index (κ1) is 10.7. The molecule has 1 aliphatic rings. The fourth-order valence-corrected chi connectivity index (χ4v) is 1.76. The minimum Gasteiger partial charge on any atom is -0.287 e. The van der Waals surface area contributed by atoms with Gasteiger partial charge in [-0.1, -0.05) is 11.6 Å². The number of nitriles is 1. The molecule has 1 unspecified atom stereocenters. The Kier molecular flexibility index (Phi) is 2.63. The molecule has 2 rings (SSSR count). The molecule has 0 spiro atoms. The minimum atomic E-state index is -0.636. The van der Waals surface area contributed by atoms with E-state index in [1.165, 1.54) is 4.90 Å². The van der Waals surface area contributed by atoms with Gasteiger partial charge in [0.25, 0.3) is 0 Å². The van der Waals surface area contributed by atoms with Gasteiger partial charge in [-0.05, 0) is 24.3 Å². The molecule has 0 radical (unpaired) electrons. The van der Waals surface area contributed by atoms with E-state index in [1.807, 2.05) is 6.07 Å². The van der Waals surface area contributed by atoms with Crippen molar-refractivity contribution in [3.8, 4) is 6.07 Å². The Morgan fingerprint density at radius 2 is 2.06 bits per heavy atom. The molecule has 1 aliphatic heterocycles. The Labute approximate surface area is 97.6 Å². The Morgan fingerprint density at radius 1 is 1.44 bits per heavy atom. The Bertz CT molecular complexity index is 489. The SMILES string of the molecule is N#CC1CC(=O)N(c2ccc(Cl)cc2)C1=N. The molecular weight excluding hydrogens is 226 g/mol. The monoisotopic (exact) mass is 233 g/mol. The van der Waals surface area contributed by atoms with Crippen molar-refractivity contribution >= 4 is 29.0 Å². The van der Waals surface area contributed by atoms with Crippen LogP contribution in [-0.2, 0) is 4.79 Å². The number of benzene rings is 1. The molecule has 1 aromatic carbocycles. The second-order valence-electron chi connectivity index (χ2n) is 3.48. The van der Waals surface area contributed by atoms with E-state index < -0.39 is 5.92 Å². The molecular formula is C11H8ClN3O. The van der Waals surface area contributed by atoms with Crippen molar-refractivity contribution in [3.63, 3.8) is 0 Å². The summed E-state index contributed by atoms with van der Waals surface area (Å²) in [4.78, 5) is 12.9. The van der Waals surface area contributed by atoms with E-state index >= 15 is 0 Å². The number of hydrogen-bond donors (Lipinski definition) is 1. The molecule has 16 heavy (non-hydrogen) atoms. The van der Waals surface area contributed by atoms with Gasteiger partial charge in [-0.15, -0.1) is 0 Å². The van der Waals surface area contributed by atoms with Crippen molar-refractivity contribution in [1.29, 1.82) is 10.7 Å². The average molecular weight is 234 g/mol. The van der Waals surface area contributed by atoms with Crippen LogP contribution < -0.4 is 4.90 Å². The van der Waals surface area contributed by atoms with Crippen LogP contribution in [0.5, 0.6) is 0 Å². The van der Waals surface area contributed by atoms with Gasteiger partial charge in [0.15, 0.2) is 0 Å². The van der Waals surface area contributed by atoms with Gasteiger partial charge >= 0.3 is 0 Å². The van der Waals surface area contributed by atoms with Gasteiger partial charge in [-0.2, -0.15) is 5.26 Å². The molecule has 5 heteroatoms. The number of rotatable bonds is 1. The number of nitrogens with one attached hydrogen (secondary N) is 1. The van der Waals surface area contributed by atoms with Crippen LogP contribution in [0.25, 0.3) is 0 Å². The van der Waals surface area contributed by atoms with Gasteiger partial charge in [0.2, 0.25) is 5.91 Å². The van der Waals surface area contributed by atoms with Gasteiger partial charge in [0.1, 0.15) is 11.8 Å². The van der Waals surface area contributed by atoms with E-state index in [2.05, 4.69) is 0 Å². The van der Waals surface area contributed by atoms with Gasteiger partial charge < -0.3 is 0 Å². The molecule has 80 valence electrons. The number of nitrogens with zero attached hydrogens (tertiary/aromatic N) is 2. The first-order valence-electron chi connectivity index (χ1n) is 4.70.